The third-order valence-electron chi connectivity index (χ3n) is 3.46. The highest BCUT2D eigenvalue weighted by molar-refractivity contribution is 7.92. The Morgan fingerprint density at radius 1 is 0.926 bits per heavy atom. The Labute approximate surface area is 160 Å². The van der Waals surface area contributed by atoms with E-state index in [2.05, 4.69) is 4.72 Å². The number of anilines is 1. The topological polar surface area (TPSA) is 98.5 Å². The van der Waals surface area contributed by atoms with Crippen LogP contribution in [0.3, 0.4) is 0 Å². The molecule has 0 heterocycles. The average Bonchev–Trinajstić information content (AvgIpc) is 2.64. The molecule has 0 spiro atoms. The van der Waals surface area contributed by atoms with Crippen molar-refractivity contribution in [3.05, 3.63) is 87.9 Å². The number of sulfonamides is 1. The van der Waals surface area contributed by atoms with Gasteiger partial charge < -0.3 is 4.74 Å². The minimum absolute atomic E-state index is 0.0111. The van der Waals surface area contributed by atoms with Gasteiger partial charge in [0, 0.05) is 17.2 Å². The zero-order valence-electron chi connectivity index (χ0n) is 13.7. The summed E-state index contributed by atoms with van der Waals surface area (Å²) >= 11 is 5.82. The lowest BCUT2D eigenvalue weighted by atomic mass is 10.2. The highest BCUT2D eigenvalue weighted by Gasteiger charge is 2.17. The first-order chi connectivity index (χ1) is 12.8. The fraction of sp³-hybridized carbons (Fsp3) is 0. The Morgan fingerprint density at radius 3 is 2.22 bits per heavy atom. The van der Waals surface area contributed by atoms with E-state index in [0.29, 0.717) is 10.8 Å². The number of nitro groups is 1. The van der Waals surface area contributed by atoms with Crippen LogP contribution in [-0.4, -0.2) is 13.3 Å². The van der Waals surface area contributed by atoms with Crippen LogP contribution >= 0.6 is 11.6 Å². The van der Waals surface area contributed by atoms with Crippen molar-refractivity contribution in [1.29, 1.82) is 0 Å². The number of halogens is 1. The third-order valence-corrected chi connectivity index (χ3v) is 5.11. The number of nitrogens with one attached hydrogen (secondary N) is 1. The number of hydrogen-bond donors (Lipinski definition) is 1. The van der Waals surface area contributed by atoms with Crippen LogP contribution in [0.2, 0.25) is 5.02 Å². The summed E-state index contributed by atoms with van der Waals surface area (Å²) in [5.74, 6) is 0.508. The van der Waals surface area contributed by atoms with Crippen LogP contribution in [-0.2, 0) is 10.0 Å². The van der Waals surface area contributed by atoms with Crippen LogP contribution in [0.1, 0.15) is 0 Å². The predicted molar refractivity (Wildman–Crippen MR) is 102 cm³/mol. The Balaban J connectivity index is 1.94. The van der Waals surface area contributed by atoms with Gasteiger partial charge in [-0.2, -0.15) is 0 Å². The molecule has 27 heavy (non-hydrogen) atoms. The van der Waals surface area contributed by atoms with E-state index >= 15 is 0 Å². The molecule has 0 aliphatic heterocycles. The second kappa shape index (κ2) is 7.65. The summed E-state index contributed by atoms with van der Waals surface area (Å²) in [5, 5.41) is 11.7. The molecule has 3 aromatic rings. The van der Waals surface area contributed by atoms with Gasteiger partial charge in [-0.1, -0.05) is 29.8 Å². The number of benzene rings is 3. The molecule has 0 aliphatic rings. The van der Waals surface area contributed by atoms with Gasteiger partial charge in [-0.15, -0.1) is 0 Å². The van der Waals surface area contributed by atoms with Crippen molar-refractivity contribution in [2.45, 2.75) is 4.90 Å². The zero-order chi connectivity index (χ0) is 19.4. The van der Waals surface area contributed by atoms with E-state index < -0.39 is 14.9 Å². The highest BCUT2D eigenvalue weighted by Crippen LogP contribution is 2.31. The van der Waals surface area contributed by atoms with Crippen LogP contribution in [0.5, 0.6) is 11.5 Å². The van der Waals surface area contributed by atoms with Gasteiger partial charge in [0.2, 0.25) is 0 Å². The Bertz CT molecular complexity index is 1070. The smallest absolute Gasteiger partial charge is 0.275 e. The van der Waals surface area contributed by atoms with E-state index in [9.17, 15) is 18.5 Å². The molecule has 0 unspecified atom stereocenters. The van der Waals surface area contributed by atoms with Crippen LogP contribution in [0.15, 0.2) is 77.7 Å². The molecule has 0 atom stereocenters. The molecule has 9 heteroatoms. The fourth-order valence-electron chi connectivity index (χ4n) is 2.26. The van der Waals surface area contributed by atoms with Crippen molar-refractivity contribution in [2.24, 2.45) is 0 Å². The van der Waals surface area contributed by atoms with Crippen molar-refractivity contribution in [1.82, 2.24) is 0 Å². The van der Waals surface area contributed by atoms with Gasteiger partial charge in [-0.3, -0.25) is 14.8 Å². The van der Waals surface area contributed by atoms with E-state index in [1.54, 1.807) is 42.5 Å². The van der Waals surface area contributed by atoms with Crippen molar-refractivity contribution in [2.75, 3.05) is 4.72 Å². The third kappa shape index (κ3) is 4.75. The van der Waals surface area contributed by atoms with Gasteiger partial charge in [-0.05, 0) is 36.4 Å². The number of non-ortho nitro benzene ring substituents is 1. The lowest BCUT2D eigenvalue weighted by Gasteiger charge is -2.11. The van der Waals surface area contributed by atoms with E-state index in [1.807, 2.05) is 0 Å². The van der Waals surface area contributed by atoms with Gasteiger partial charge in [0.25, 0.3) is 15.7 Å². The largest absolute Gasteiger partial charge is 0.457 e. The van der Waals surface area contributed by atoms with Crippen molar-refractivity contribution in [3.63, 3.8) is 0 Å². The van der Waals surface area contributed by atoms with E-state index in [0.717, 1.165) is 6.07 Å². The number of nitrogens with zero attached hydrogens (tertiary/aromatic N) is 1. The molecule has 0 bridgehead atoms. The SMILES string of the molecule is O=[N+]([O-])c1cc(NS(=O)(=O)c2ccccc2)cc(Oc2ccc(Cl)cc2)c1. The molecule has 7 nitrogen and oxygen atoms in total. The number of ether oxygens (including phenoxy) is 1. The van der Waals surface area contributed by atoms with E-state index in [-0.39, 0.29) is 22.0 Å². The van der Waals surface area contributed by atoms with Gasteiger partial charge >= 0.3 is 0 Å². The van der Waals surface area contributed by atoms with Gasteiger partial charge in [-0.25, -0.2) is 8.42 Å². The summed E-state index contributed by atoms with van der Waals surface area (Å²) in [7, 11) is -3.90. The molecule has 0 amide bonds. The molecule has 0 aliphatic carbocycles. The summed E-state index contributed by atoms with van der Waals surface area (Å²) in [5.41, 5.74) is -0.302. The molecule has 0 saturated carbocycles. The van der Waals surface area contributed by atoms with Crippen LogP contribution in [0.4, 0.5) is 11.4 Å². The van der Waals surface area contributed by atoms with Gasteiger partial charge in [0.05, 0.1) is 21.6 Å². The first-order valence-corrected chi connectivity index (χ1v) is 9.50. The normalized spacial score (nSPS) is 11.0. The molecule has 138 valence electrons. The van der Waals surface area contributed by atoms with E-state index in [4.69, 9.17) is 16.3 Å². The first-order valence-electron chi connectivity index (χ1n) is 7.64. The maximum absolute atomic E-state index is 12.5. The fourth-order valence-corrected chi connectivity index (χ4v) is 3.45. The summed E-state index contributed by atoms with van der Waals surface area (Å²) in [6.07, 6.45) is 0. The average molecular weight is 405 g/mol. The minimum atomic E-state index is -3.90. The number of nitro benzene ring substituents is 1. The number of hydrogen-bond acceptors (Lipinski definition) is 5. The lowest BCUT2D eigenvalue weighted by molar-refractivity contribution is -0.384. The second-order valence-corrected chi connectivity index (χ2v) is 7.57. The Kier molecular flexibility index (Phi) is 5.29. The van der Waals surface area contributed by atoms with Crippen LogP contribution in [0, 0.1) is 10.1 Å². The predicted octanol–water partition coefficient (Wildman–Crippen LogP) is 4.84. The van der Waals surface area contributed by atoms with Crippen molar-refractivity contribution in [3.8, 4) is 11.5 Å². The lowest BCUT2D eigenvalue weighted by Crippen LogP contribution is -2.13. The standard InChI is InChI=1S/C18H13ClN2O5S/c19-13-6-8-16(9-7-13)26-17-11-14(10-15(12-17)21(22)23)20-27(24,25)18-4-2-1-3-5-18/h1-12,20H. The van der Waals surface area contributed by atoms with Crippen LogP contribution in [0.25, 0.3) is 0 Å². The van der Waals surface area contributed by atoms with Gasteiger partial charge in [0.15, 0.2) is 0 Å². The molecule has 3 rings (SSSR count). The molecule has 0 fully saturated rings. The molecular formula is C18H13ClN2O5S. The molecular weight excluding hydrogens is 392 g/mol. The molecule has 1 N–H and O–H groups in total. The molecule has 0 saturated heterocycles. The molecule has 3 aromatic carbocycles. The number of rotatable bonds is 6. The first kappa shape index (κ1) is 18.7. The summed E-state index contributed by atoms with van der Waals surface area (Å²) in [6.45, 7) is 0. The second-order valence-electron chi connectivity index (χ2n) is 5.45. The van der Waals surface area contributed by atoms with Crippen molar-refractivity contribution < 1.29 is 18.1 Å². The minimum Gasteiger partial charge on any atom is -0.457 e. The zero-order valence-corrected chi connectivity index (χ0v) is 15.3. The molecule has 0 aromatic heterocycles. The Morgan fingerprint density at radius 2 is 1.59 bits per heavy atom. The maximum Gasteiger partial charge on any atom is 0.275 e. The summed E-state index contributed by atoms with van der Waals surface area (Å²) in [6, 6.07) is 17.8. The highest BCUT2D eigenvalue weighted by atomic mass is 35.5. The quantitative estimate of drug-likeness (QED) is 0.468. The summed E-state index contributed by atoms with van der Waals surface area (Å²) in [4.78, 5) is 10.6. The monoisotopic (exact) mass is 404 g/mol. The Hall–Kier alpha value is -3.10. The van der Waals surface area contributed by atoms with E-state index in [1.165, 1.54) is 24.3 Å². The van der Waals surface area contributed by atoms with Crippen LogP contribution < -0.4 is 9.46 Å². The van der Waals surface area contributed by atoms with Gasteiger partial charge in [0.1, 0.15) is 11.5 Å². The summed E-state index contributed by atoms with van der Waals surface area (Å²) < 4.78 is 32.8. The molecule has 0 radical (unpaired) electrons. The maximum atomic E-state index is 12.5. The van der Waals surface area contributed by atoms with Crippen molar-refractivity contribution >= 4 is 33.0 Å².